The van der Waals surface area contributed by atoms with Gasteiger partial charge in [0.15, 0.2) is 9.84 Å². The van der Waals surface area contributed by atoms with Crippen LogP contribution in [0.25, 0.3) is 0 Å². The molecule has 0 aliphatic carbocycles. The maximum atomic E-state index is 11.6. The molecule has 0 radical (unpaired) electrons. The van der Waals surface area contributed by atoms with E-state index in [1.165, 1.54) is 6.26 Å². The molecule has 96 valence electrons. The Morgan fingerprint density at radius 1 is 1.44 bits per heavy atom. The SMILES string of the molecule is CNCCCCN1CCSCC1S(C)(=O)=O. The second kappa shape index (κ2) is 6.83. The molecule has 1 atom stereocenters. The first-order valence-electron chi connectivity index (χ1n) is 5.71. The van der Waals surface area contributed by atoms with Gasteiger partial charge in [0.25, 0.3) is 0 Å². The zero-order chi connectivity index (χ0) is 12.0. The molecule has 0 bridgehead atoms. The summed E-state index contributed by atoms with van der Waals surface area (Å²) in [4.78, 5) is 2.13. The zero-order valence-electron chi connectivity index (χ0n) is 10.1. The van der Waals surface area contributed by atoms with Gasteiger partial charge < -0.3 is 5.32 Å². The average molecular weight is 266 g/mol. The van der Waals surface area contributed by atoms with Gasteiger partial charge in [-0.2, -0.15) is 11.8 Å². The van der Waals surface area contributed by atoms with E-state index in [2.05, 4.69) is 10.2 Å². The van der Waals surface area contributed by atoms with E-state index in [0.29, 0.717) is 0 Å². The largest absolute Gasteiger partial charge is 0.320 e. The quantitative estimate of drug-likeness (QED) is 0.706. The number of rotatable bonds is 6. The van der Waals surface area contributed by atoms with Crippen LogP contribution in [0.4, 0.5) is 0 Å². The number of nitrogens with zero attached hydrogens (tertiary/aromatic N) is 1. The van der Waals surface area contributed by atoms with Crippen molar-refractivity contribution in [2.45, 2.75) is 18.2 Å². The van der Waals surface area contributed by atoms with Crippen LogP contribution in [0.2, 0.25) is 0 Å². The summed E-state index contributed by atoms with van der Waals surface area (Å²) in [5.41, 5.74) is 0. The summed E-state index contributed by atoms with van der Waals surface area (Å²) in [6, 6.07) is 0. The Kier molecular flexibility index (Phi) is 6.10. The van der Waals surface area contributed by atoms with Gasteiger partial charge >= 0.3 is 0 Å². The third-order valence-electron chi connectivity index (χ3n) is 2.81. The molecule has 1 fully saturated rings. The molecular weight excluding hydrogens is 244 g/mol. The van der Waals surface area contributed by atoms with Crippen LogP contribution in [0.1, 0.15) is 12.8 Å². The van der Waals surface area contributed by atoms with Gasteiger partial charge in [0.05, 0.1) is 0 Å². The number of hydrogen-bond donors (Lipinski definition) is 1. The number of nitrogens with one attached hydrogen (secondary N) is 1. The van der Waals surface area contributed by atoms with Crippen molar-refractivity contribution in [1.82, 2.24) is 10.2 Å². The summed E-state index contributed by atoms with van der Waals surface area (Å²) in [5, 5.41) is 2.84. The molecule has 16 heavy (non-hydrogen) atoms. The molecule has 0 aromatic rings. The monoisotopic (exact) mass is 266 g/mol. The predicted octanol–water partition coefficient (Wildman–Crippen LogP) is 0.406. The van der Waals surface area contributed by atoms with Crippen molar-refractivity contribution in [3.8, 4) is 0 Å². The van der Waals surface area contributed by atoms with Gasteiger partial charge in [-0.3, -0.25) is 4.90 Å². The van der Waals surface area contributed by atoms with Crippen molar-refractivity contribution in [2.24, 2.45) is 0 Å². The first-order chi connectivity index (χ1) is 7.55. The normalized spacial score (nSPS) is 23.5. The summed E-state index contributed by atoms with van der Waals surface area (Å²) in [7, 11) is -0.987. The van der Waals surface area contributed by atoms with Crippen LogP contribution in [0.15, 0.2) is 0 Å². The van der Waals surface area contributed by atoms with Crippen molar-refractivity contribution in [3.63, 3.8) is 0 Å². The lowest BCUT2D eigenvalue weighted by Crippen LogP contribution is -2.47. The first-order valence-corrected chi connectivity index (χ1v) is 8.82. The molecule has 0 spiro atoms. The fraction of sp³-hybridized carbons (Fsp3) is 1.00. The van der Waals surface area contributed by atoms with E-state index in [4.69, 9.17) is 0 Å². The van der Waals surface area contributed by atoms with Crippen LogP contribution in [-0.4, -0.2) is 63.1 Å². The van der Waals surface area contributed by atoms with Crippen molar-refractivity contribution in [2.75, 3.05) is 44.4 Å². The van der Waals surface area contributed by atoms with Crippen LogP contribution in [0, 0.1) is 0 Å². The van der Waals surface area contributed by atoms with Gasteiger partial charge in [0.1, 0.15) is 5.37 Å². The second-order valence-electron chi connectivity index (χ2n) is 4.21. The van der Waals surface area contributed by atoms with Crippen molar-refractivity contribution in [3.05, 3.63) is 0 Å². The van der Waals surface area contributed by atoms with Gasteiger partial charge in [-0.05, 0) is 33.0 Å². The Balaban J connectivity index is 2.42. The van der Waals surface area contributed by atoms with Gasteiger partial charge in [0.2, 0.25) is 0 Å². The van der Waals surface area contributed by atoms with Gasteiger partial charge in [0, 0.05) is 24.3 Å². The van der Waals surface area contributed by atoms with Gasteiger partial charge in [-0.15, -0.1) is 0 Å². The standard InChI is InChI=1S/C10H22N2O2S2/c1-11-5-3-4-6-12-7-8-15-9-10(12)16(2,13)14/h10-11H,3-9H2,1-2H3. The summed E-state index contributed by atoms with van der Waals surface area (Å²) >= 11 is 1.74. The molecule has 6 heteroatoms. The second-order valence-corrected chi connectivity index (χ2v) is 7.56. The van der Waals surface area contributed by atoms with E-state index in [0.717, 1.165) is 44.0 Å². The number of sulfone groups is 1. The van der Waals surface area contributed by atoms with Crippen molar-refractivity contribution >= 4 is 21.6 Å². The van der Waals surface area contributed by atoms with Gasteiger partial charge in [-0.1, -0.05) is 0 Å². The van der Waals surface area contributed by atoms with Crippen molar-refractivity contribution in [1.29, 1.82) is 0 Å². The van der Waals surface area contributed by atoms with E-state index in [1.807, 2.05) is 7.05 Å². The summed E-state index contributed by atoms with van der Waals surface area (Å²) < 4.78 is 23.2. The molecule has 1 N–H and O–H groups in total. The fourth-order valence-corrected chi connectivity index (χ4v) is 4.85. The molecule has 0 amide bonds. The third kappa shape index (κ3) is 4.61. The van der Waals surface area contributed by atoms with Crippen LogP contribution in [-0.2, 0) is 9.84 Å². The number of hydrogen-bond acceptors (Lipinski definition) is 5. The van der Waals surface area contributed by atoms with Crippen LogP contribution in [0.3, 0.4) is 0 Å². The maximum Gasteiger partial charge on any atom is 0.164 e. The molecule has 1 heterocycles. The molecule has 4 nitrogen and oxygen atoms in total. The first kappa shape index (κ1) is 14.3. The Morgan fingerprint density at radius 3 is 2.81 bits per heavy atom. The lowest BCUT2D eigenvalue weighted by Gasteiger charge is -2.33. The highest BCUT2D eigenvalue weighted by atomic mass is 32.2. The Morgan fingerprint density at radius 2 is 2.19 bits per heavy atom. The molecule has 0 aromatic heterocycles. The minimum atomic E-state index is -2.93. The highest BCUT2D eigenvalue weighted by Crippen LogP contribution is 2.20. The van der Waals surface area contributed by atoms with Crippen LogP contribution in [0.5, 0.6) is 0 Å². The molecule has 1 aliphatic heterocycles. The van der Waals surface area contributed by atoms with Crippen LogP contribution < -0.4 is 5.32 Å². The van der Waals surface area contributed by atoms with E-state index in [-0.39, 0.29) is 5.37 Å². The van der Waals surface area contributed by atoms with E-state index in [9.17, 15) is 8.42 Å². The lowest BCUT2D eigenvalue weighted by atomic mass is 10.3. The summed E-state index contributed by atoms with van der Waals surface area (Å²) in [5.74, 6) is 1.78. The van der Waals surface area contributed by atoms with E-state index >= 15 is 0 Å². The molecule has 1 saturated heterocycles. The average Bonchev–Trinajstić information content (AvgIpc) is 2.24. The Labute approximate surface area is 103 Å². The molecule has 0 saturated carbocycles. The third-order valence-corrected chi connectivity index (χ3v) is 5.49. The minimum absolute atomic E-state index is 0.263. The Bertz CT molecular complexity index is 293. The van der Waals surface area contributed by atoms with E-state index in [1.54, 1.807) is 11.8 Å². The smallest absolute Gasteiger partial charge is 0.164 e. The molecule has 1 aliphatic rings. The van der Waals surface area contributed by atoms with E-state index < -0.39 is 9.84 Å². The Hall–Kier alpha value is 0.220. The topological polar surface area (TPSA) is 49.4 Å². The van der Waals surface area contributed by atoms with Crippen molar-refractivity contribution < 1.29 is 8.42 Å². The number of unbranched alkanes of at least 4 members (excludes halogenated alkanes) is 1. The highest BCUT2D eigenvalue weighted by molar-refractivity contribution is 8.00. The van der Waals surface area contributed by atoms with Gasteiger partial charge in [-0.25, -0.2) is 8.42 Å². The number of thioether (sulfide) groups is 1. The summed E-state index contributed by atoms with van der Waals surface area (Å²) in [6.45, 7) is 2.81. The predicted molar refractivity (Wildman–Crippen MR) is 70.7 cm³/mol. The fourth-order valence-electron chi connectivity index (χ4n) is 1.88. The molecule has 1 rings (SSSR count). The minimum Gasteiger partial charge on any atom is -0.320 e. The van der Waals surface area contributed by atoms with Crippen LogP contribution >= 0.6 is 11.8 Å². The summed E-state index contributed by atoms with van der Waals surface area (Å²) in [6.07, 6.45) is 3.53. The lowest BCUT2D eigenvalue weighted by molar-refractivity contribution is 0.265. The maximum absolute atomic E-state index is 11.6. The molecular formula is C10H22N2O2S2. The highest BCUT2D eigenvalue weighted by Gasteiger charge is 2.30. The molecule has 0 aromatic carbocycles. The molecule has 1 unspecified atom stereocenters. The zero-order valence-corrected chi connectivity index (χ0v) is 11.7.